The topological polar surface area (TPSA) is 34.4 Å². The van der Waals surface area contributed by atoms with Crippen LogP contribution in [0.4, 0.5) is 0 Å². The molecular weight excluding hydrogens is 250 g/mol. The average molecular weight is 267 g/mol. The van der Waals surface area contributed by atoms with Gasteiger partial charge in [0.1, 0.15) is 17.9 Å². The predicted molar refractivity (Wildman–Crippen MR) is 79.8 cm³/mol. The number of hydrogen-bond donors (Lipinski definition) is 1. The van der Waals surface area contributed by atoms with Gasteiger partial charge in [-0.05, 0) is 30.8 Å². The number of ether oxygens (including phenoxy) is 1. The average Bonchev–Trinajstić information content (AvgIpc) is 2.89. The fourth-order valence-corrected chi connectivity index (χ4v) is 2.22. The van der Waals surface area contributed by atoms with E-state index in [2.05, 4.69) is 17.4 Å². The third-order valence-electron chi connectivity index (χ3n) is 3.24. The van der Waals surface area contributed by atoms with Gasteiger partial charge in [0.2, 0.25) is 0 Å². The summed E-state index contributed by atoms with van der Waals surface area (Å²) in [5, 5.41) is 4.24. The Morgan fingerprint density at radius 2 is 1.95 bits per heavy atom. The zero-order valence-corrected chi connectivity index (χ0v) is 11.4. The first-order valence-corrected chi connectivity index (χ1v) is 6.68. The van der Waals surface area contributed by atoms with Crippen molar-refractivity contribution in [3.63, 3.8) is 0 Å². The zero-order valence-electron chi connectivity index (χ0n) is 11.4. The van der Waals surface area contributed by atoms with E-state index >= 15 is 0 Å². The molecular formula is C17H17NO2. The molecule has 0 atom stereocenters. The van der Waals surface area contributed by atoms with Crippen LogP contribution >= 0.6 is 0 Å². The van der Waals surface area contributed by atoms with E-state index in [0.29, 0.717) is 6.61 Å². The minimum atomic E-state index is 0.575. The zero-order chi connectivity index (χ0) is 13.8. The van der Waals surface area contributed by atoms with Crippen LogP contribution in [0.5, 0.6) is 5.75 Å². The van der Waals surface area contributed by atoms with Crippen molar-refractivity contribution in [2.24, 2.45) is 0 Å². The lowest BCUT2D eigenvalue weighted by Gasteiger charge is -2.06. The fraction of sp³-hybridized carbons (Fsp3) is 0.176. The Bertz CT molecular complexity index is 689. The van der Waals surface area contributed by atoms with E-state index in [1.165, 1.54) is 0 Å². The molecule has 0 aliphatic heterocycles. The van der Waals surface area contributed by atoms with Gasteiger partial charge in [0, 0.05) is 17.5 Å². The predicted octanol–water partition coefficient (Wildman–Crippen LogP) is 3.73. The third kappa shape index (κ3) is 2.68. The van der Waals surface area contributed by atoms with E-state index < -0.39 is 0 Å². The molecule has 0 saturated carbocycles. The van der Waals surface area contributed by atoms with Crippen molar-refractivity contribution in [2.45, 2.75) is 13.2 Å². The van der Waals surface area contributed by atoms with E-state index in [4.69, 9.17) is 9.15 Å². The maximum Gasteiger partial charge on any atom is 0.134 e. The molecule has 0 spiro atoms. The van der Waals surface area contributed by atoms with Gasteiger partial charge in [0.15, 0.2) is 0 Å². The monoisotopic (exact) mass is 267 g/mol. The van der Waals surface area contributed by atoms with Crippen LogP contribution in [0, 0.1) is 0 Å². The normalized spacial score (nSPS) is 10.8. The number of furan rings is 1. The fourth-order valence-electron chi connectivity index (χ4n) is 2.22. The number of fused-ring (bicyclic) bond motifs is 1. The van der Waals surface area contributed by atoms with Crippen LogP contribution in [0.15, 0.2) is 59.2 Å². The summed E-state index contributed by atoms with van der Waals surface area (Å²) >= 11 is 0. The molecule has 1 heterocycles. The maximum atomic E-state index is 5.84. The molecule has 3 aromatic rings. The summed E-state index contributed by atoms with van der Waals surface area (Å²) in [5.74, 6) is 0.861. The molecule has 0 unspecified atom stereocenters. The second kappa shape index (κ2) is 5.80. The van der Waals surface area contributed by atoms with Crippen LogP contribution in [0.25, 0.3) is 11.0 Å². The smallest absolute Gasteiger partial charge is 0.134 e. The molecule has 3 heteroatoms. The number of hydrogen-bond acceptors (Lipinski definition) is 3. The van der Waals surface area contributed by atoms with Crippen LogP contribution < -0.4 is 10.1 Å². The molecule has 0 bridgehead atoms. The summed E-state index contributed by atoms with van der Waals surface area (Å²) < 4.78 is 11.4. The molecule has 3 rings (SSSR count). The molecule has 0 saturated heterocycles. The SMILES string of the molecule is CNCc1coc2ccc(OCc3ccccc3)cc12. The van der Waals surface area contributed by atoms with Crippen molar-refractivity contribution < 1.29 is 9.15 Å². The van der Waals surface area contributed by atoms with Gasteiger partial charge < -0.3 is 14.5 Å². The summed E-state index contributed by atoms with van der Waals surface area (Å²) in [6.45, 7) is 1.36. The second-order valence-electron chi connectivity index (χ2n) is 4.72. The van der Waals surface area contributed by atoms with Gasteiger partial charge in [0.25, 0.3) is 0 Å². The Balaban J connectivity index is 1.79. The number of nitrogens with one attached hydrogen (secondary N) is 1. The summed E-state index contributed by atoms with van der Waals surface area (Å²) in [5.41, 5.74) is 3.20. The van der Waals surface area contributed by atoms with Gasteiger partial charge in [0.05, 0.1) is 6.26 Å². The Morgan fingerprint density at radius 1 is 1.10 bits per heavy atom. The van der Waals surface area contributed by atoms with E-state index in [1.807, 2.05) is 43.4 Å². The first kappa shape index (κ1) is 12.8. The molecule has 0 aliphatic carbocycles. The first-order valence-electron chi connectivity index (χ1n) is 6.68. The van der Waals surface area contributed by atoms with Gasteiger partial charge in [-0.25, -0.2) is 0 Å². The lowest BCUT2D eigenvalue weighted by molar-refractivity contribution is 0.306. The van der Waals surface area contributed by atoms with Crippen LogP contribution in [-0.2, 0) is 13.2 Å². The van der Waals surface area contributed by atoms with Crippen LogP contribution in [0.2, 0.25) is 0 Å². The van der Waals surface area contributed by atoms with Crippen molar-refractivity contribution in [3.8, 4) is 5.75 Å². The van der Waals surface area contributed by atoms with E-state index in [9.17, 15) is 0 Å². The van der Waals surface area contributed by atoms with Gasteiger partial charge in [-0.3, -0.25) is 0 Å². The molecule has 0 aliphatic rings. The van der Waals surface area contributed by atoms with Crippen molar-refractivity contribution in [2.75, 3.05) is 7.05 Å². The highest BCUT2D eigenvalue weighted by molar-refractivity contribution is 5.82. The highest BCUT2D eigenvalue weighted by atomic mass is 16.5. The lowest BCUT2D eigenvalue weighted by Crippen LogP contribution is -2.04. The summed E-state index contributed by atoms with van der Waals surface area (Å²) in [6, 6.07) is 16.1. The largest absolute Gasteiger partial charge is 0.489 e. The molecule has 0 amide bonds. The van der Waals surface area contributed by atoms with E-state index in [1.54, 1.807) is 6.26 Å². The van der Waals surface area contributed by atoms with Crippen molar-refractivity contribution in [1.29, 1.82) is 0 Å². The second-order valence-corrected chi connectivity index (χ2v) is 4.72. The standard InChI is InChI=1S/C17H17NO2/c1-18-10-14-12-20-17-8-7-15(9-16(14)17)19-11-13-5-3-2-4-6-13/h2-9,12,18H,10-11H2,1H3. The van der Waals surface area contributed by atoms with Gasteiger partial charge in [-0.15, -0.1) is 0 Å². The molecule has 0 radical (unpaired) electrons. The Kier molecular flexibility index (Phi) is 3.70. The summed E-state index contributed by atoms with van der Waals surface area (Å²) in [6.07, 6.45) is 1.79. The molecule has 2 aromatic carbocycles. The minimum Gasteiger partial charge on any atom is -0.489 e. The van der Waals surface area contributed by atoms with Crippen molar-refractivity contribution in [3.05, 3.63) is 65.9 Å². The van der Waals surface area contributed by atoms with Gasteiger partial charge in [-0.1, -0.05) is 30.3 Å². The third-order valence-corrected chi connectivity index (χ3v) is 3.24. The molecule has 20 heavy (non-hydrogen) atoms. The number of benzene rings is 2. The van der Waals surface area contributed by atoms with Crippen molar-refractivity contribution in [1.82, 2.24) is 5.32 Å². The van der Waals surface area contributed by atoms with Gasteiger partial charge in [-0.2, -0.15) is 0 Å². The van der Waals surface area contributed by atoms with Crippen molar-refractivity contribution >= 4 is 11.0 Å². The Hall–Kier alpha value is -2.26. The van der Waals surface area contributed by atoms with Crippen LogP contribution in [0.1, 0.15) is 11.1 Å². The van der Waals surface area contributed by atoms with Crippen LogP contribution in [-0.4, -0.2) is 7.05 Å². The summed E-state index contributed by atoms with van der Waals surface area (Å²) in [7, 11) is 1.93. The van der Waals surface area contributed by atoms with Gasteiger partial charge >= 0.3 is 0 Å². The first-order chi connectivity index (χ1) is 9.86. The highest BCUT2D eigenvalue weighted by Crippen LogP contribution is 2.26. The summed E-state index contributed by atoms with van der Waals surface area (Å²) in [4.78, 5) is 0. The molecule has 3 nitrogen and oxygen atoms in total. The highest BCUT2D eigenvalue weighted by Gasteiger charge is 2.06. The van der Waals surface area contributed by atoms with Crippen LogP contribution in [0.3, 0.4) is 0 Å². The Labute approximate surface area is 118 Å². The molecule has 1 aromatic heterocycles. The quantitative estimate of drug-likeness (QED) is 0.765. The van der Waals surface area contributed by atoms with E-state index in [0.717, 1.165) is 34.4 Å². The number of rotatable bonds is 5. The lowest BCUT2D eigenvalue weighted by atomic mass is 10.1. The molecule has 0 fully saturated rings. The Morgan fingerprint density at radius 3 is 2.75 bits per heavy atom. The maximum absolute atomic E-state index is 5.84. The van der Waals surface area contributed by atoms with E-state index in [-0.39, 0.29) is 0 Å². The minimum absolute atomic E-state index is 0.575. The molecule has 1 N–H and O–H groups in total. The molecule has 102 valence electrons.